The Morgan fingerprint density at radius 2 is 2.06 bits per heavy atom. The summed E-state index contributed by atoms with van der Waals surface area (Å²) >= 11 is 1.46. The normalized spacial score (nSPS) is 10.2. The highest BCUT2D eigenvalue weighted by molar-refractivity contribution is 7.98. The zero-order chi connectivity index (χ0) is 13.0. The van der Waals surface area contributed by atoms with Crippen LogP contribution in [0.15, 0.2) is 41.6 Å². The molecule has 0 saturated heterocycles. The summed E-state index contributed by atoms with van der Waals surface area (Å²) in [7, 11) is 0. The minimum Gasteiger partial charge on any atom is -0.476 e. The van der Waals surface area contributed by atoms with Crippen molar-refractivity contribution in [3.63, 3.8) is 0 Å². The smallest absolute Gasteiger partial charge is 0.358 e. The summed E-state index contributed by atoms with van der Waals surface area (Å²) < 4.78 is 0. The number of thioether (sulfide) groups is 1. The van der Waals surface area contributed by atoms with E-state index in [4.69, 9.17) is 10.8 Å². The van der Waals surface area contributed by atoms with Crippen molar-refractivity contribution in [2.24, 2.45) is 0 Å². The van der Waals surface area contributed by atoms with Crippen molar-refractivity contribution in [3.05, 3.63) is 47.8 Å². The molecule has 0 aliphatic carbocycles. The van der Waals surface area contributed by atoms with E-state index in [1.807, 2.05) is 30.3 Å². The molecule has 0 aliphatic rings. The van der Waals surface area contributed by atoms with Crippen LogP contribution in [0, 0.1) is 0 Å². The molecule has 92 valence electrons. The Morgan fingerprint density at radius 1 is 1.33 bits per heavy atom. The average Bonchev–Trinajstić information content (AvgIpc) is 2.37. The molecule has 0 spiro atoms. The molecule has 2 aromatic rings. The van der Waals surface area contributed by atoms with Crippen LogP contribution in [0.25, 0.3) is 0 Å². The van der Waals surface area contributed by atoms with Crippen LogP contribution in [0.5, 0.6) is 0 Å². The lowest BCUT2D eigenvalue weighted by Crippen LogP contribution is -2.07. The number of carboxylic acid groups (broad SMARTS) is 1. The third kappa shape index (κ3) is 2.98. The van der Waals surface area contributed by atoms with Gasteiger partial charge in [-0.25, -0.2) is 14.8 Å². The van der Waals surface area contributed by atoms with E-state index in [2.05, 4.69) is 9.97 Å². The third-order valence-electron chi connectivity index (χ3n) is 2.21. The van der Waals surface area contributed by atoms with E-state index < -0.39 is 5.97 Å². The van der Waals surface area contributed by atoms with Crippen molar-refractivity contribution >= 4 is 23.5 Å². The van der Waals surface area contributed by atoms with Crippen molar-refractivity contribution < 1.29 is 9.90 Å². The van der Waals surface area contributed by atoms with Gasteiger partial charge in [0.1, 0.15) is 5.03 Å². The van der Waals surface area contributed by atoms with Gasteiger partial charge in [0.25, 0.3) is 0 Å². The second kappa shape index (κ2) is 5.50. The minimum absolute atomic E-state index is 0.0550. The predicted molar refractivity (Wildman–Crippen MR) is 69.4 cm³/mol. The first kappa shape index (κ1) is 12.4. The third-order valence-corrected chi connectivity index (χ3v) is 3.18. The summed E-state index contributed by atoms with van der Waals surface area (Å²) in [5.74, 6) is -0.485. The SMILES string of the molecule is Nc1nc(SCc2ccccc2)cnc1C(=O)O. The van der Waals surface area contributed by atoms with Crippen LogP contribution in [0.2, 0.25) is 0 Å². The van der Waals surface area contributed by atoms with E-state index in [0.29, 0.717) is 5.03 Å². The number of carboxylic acids is 1. The number of nitrogens with zero attached hydrogens (tertiary/aromatic N) is 2. The number of aromatic carboxylic acids is 1. The quantitative estimate of drug-likeness (QED) is 0.819. The topological polar surface area (TPSA) is 89.1 Å². The molecule has 18 heavy (non-hydrogen) atoms. The molecule has 1 aromatic carbocycles. The van der Waals surface area contributed by atoms with Gasteiger partial charge in [0.05, 0.1) is 6.20 Å². The van der Waals surface area contributed by atoms with Crippen LogP contribution in [0.1, 0.15) is 16.1 Å². The number of benzene rings is 1. The Labute approximate surface area is 108 Å². The minimum atomic E-state index is -1.17. The van der Waals surface area contributed by atoms with Gasteiger partial charge in [-0.05, 0) is 5.56 Å². The second-order valence-electron chi connectivity index (χ2n) is 3.52. The fraction of sp³-hybridized carbons (Fsp3) is 0.0833. The summed E-state index contributed by atoms with van der Waals surface area (Å²) in [5, 5.41) is 9.39. The van der Waals surface area contributed by atoms with E-state index in [-0.39, 0.29) is 11.5 Å². The van der Waals surface area contributed by atoms with Gasteiger partial charge < -0.3 is 10.8 Å². The van der Waals surface area contributed by atoms with Crippen molar-refractivity contribution in [3.8, 4) is 0 Å². The summed E-state index contributed by atoms with van der Waals surface area (Å²) in [5.41, 5.74) is 6.47. The number of anilines is 1. The molecule has 0 radical (unpaired) electrons. The number of aromatic nitrogens is 2. The van der Waals surface area contributed by atoms with Gasteiger partial charge in [-0.2, -0.15) is 0 Å². The summed E-state index contributed by atoms with van der Waals surface area (Å²) in [6, 6.07) is 9.89. The Hall–Kier alpha value is -2.08. The van der Waals surface area contributed by atoms with Gasteiger partial charge in [0, 0.05) is 5.75 Å². The van der Waals surface area contributed by atoms with E-state index in [1.54, 1.807) is 0 Å². The van der Waals surface area contributed by atoms with Crippen LogP contribution < -0.4 is 5.73 Å². The summed E-state index contributed by atoms with van der Waals surface area (Å²) in [6.45, 7) is 0. The maximum atomic E-state index is 10.7. The Bertz CT molecular complexity index is 561. The molecule has 1 heterocycles. The largest absolute Gasteiger partial charge is 0.476 e. The molecule has 1 aromatic heterocycles. The summed E-state index contributed by atoms with van der Waals surface area (Å²) in [6.07, 6.45) is 1.42. The number of nitrogen functional groups attached to an aromatic ring is 1. The molecule has 0 unspecified atom stereocenters. The van der Waals surface area contributed by atoms with Gasteiger partial charge in [0.2, 0.25) is 0 Å². The van der Waals surface area contributed by atoms with Crippen LogP contribution in [-0.2, 0) is 5.75 Å². The van der Waals surface area contributed by atoms with E-state index in [9.17, 15) is 4.79 Å². The molecule has 0 saturated carbocycles. The fourth-order valence-corrected chi connectivity index (χ4v) is 2.15. The second-order valence-corrected chi connectivity index (χ2v) is 4.52. The number of rotatable bonds is 4. The van der Waals surface area contributed by atoms with Crippen LogP contribution in [-0.4, -0.2) is 21.0 Å². The molecular weight excluding hydrogens is 250 g/mol. The van der Waals surface area contributed by atoms with Gasteiger partial charge in [0.15, 0.2) is 11.5 Å². The molecule has 0 aliphatic heterocycles. The lowest BCUT2D eigenvalue weighted by molar-refractivity contribution is 0.0691. The zero-order valence-electron chi connectivity index (χ0n) is 9.41. The lowest BCUT2D eigenvalue weighted by Gasteiger charge is -2.03. The molecular formula is C12H11N3O2S. The highest BCUT2D eigenvalue weighted by Crippen LogP contribution is 2.21. The number of carbonyl (C=O) groups is 1. The standard InChI is InChI=1S/C12H11N3O2S/c13-11-10(12(16)17)14-6-9(15-11)18-7-8-4-2-1-3-5-8/h1-6H,7H2,(H2,13,15)(H,16,17). The highest BCUT2D eigenvalue weighted by Gasteiger charge is 2.11. The zero-order valence-corrected chi connectivity index (χ0v) is 10.2. The lowest BCUT2D eigenvalue weighted by atomic mass is 10.2. The van der Waals surface area contributed by atoms with Crippen molar-refractivity contribution in [1.29, 1.82) is 0 Å². The number of hydrogen-bond acceptors (Lipinski definition) is 5. The monoisotopic (exact) mass is 261 g/mol. The number of nitrogens with two attached hydrogens (primary N) is 1. The van der Waals surface area contributed by atoms with Crippen LogP contribution >= 0.6 is 11.8 Å². The predicted octanol–water partition coefficient (Wildman–Crippen LogP) is 2.05. The van der Waals surface area contributed by atoms with Crippen LogP contribution in [0.4, 0.5) is 5.82 Å². The number of hydrogen-bond donors (Lipinski definition) is 2. The molecule has 0 amide bonds. The van der Waals surface area contributed by atoms with Gasteiger partial charge in [-0.3, -0.25) is 0 Å². The highest BCUT2D eigenvalue weighted by atomic mass is 32.2. The van der Waals surface area contributed by atoms with Crippen LogP contribution in [0.3, 0.4) is 0 Å². The first-order valence-corrected chi connectivity index (χ1v) is 6.18. The van der Waals surface area contributed by atoms with Crippen molar-refractivity contribution in [2.75, 3.05) is 5.73 Å². The van der Waals surface area contributed by atoms with E-state index in [0.717, 1.165) is 11.3 Å². The van der Waals surface area contributed by atoms with Crippen molar-refractivity contribution in [2.45, 2.75) is 10.8 Å². The first-order chi connectivity index (χ1) is 8.66. The molecule has 0 fully saturated rings. The molecule has 3 N–H and O–H groups in total. The Balaban J connectivity index is 2.07. The van der Waals surface area contributed by atoms with E-state index >= 15 is 0 Å². The van der Waals surface area contributed by atoms with Gasteiger partial charge in [-0.1, -0.05) is 30.3 Å². The Morgan fingerprint density at radius 3 is 2.67 bits per heavy atom. The van der Waals surface area contributed by atoms with Crippen molar-refractivity contribution in [1.82, 2.24) is 9.97 Å². The maximum absolute atomic E-state index is 10.7. The maximum Gasteiger partial charge on any atom is 0.358 e. The van der Waals surface area contributed by atoms with Gasteiger partial charge >= 0.3 is 5.97 Å². The molecule has 5 nitrogen and oxygen atoms in total. The van der Waals surface area contributed by atoms with E-state index in [1.165, 1.54) is 18.0 Å². The Kier molecular flexibility index (Phi) is 3.78. The molecule has 2 rings (SSSR count). The van der Waals surface area contributed by atoms with Gasteiger partial charge in [-0.15, -0.1) is 11.8 Å². The average molecular weight is 261 g/mol. The molecule has 0 atom stereocenters. The summed E-state index contributed by atoms with van der Waals surface area (Å²) in [4.78, 5) is 18.5. The molecule has 6 heteroatoms. The first-order valence-electron chi connectivity index (χ1n) is 5.19. The molecule has 0 bridgehead atoms. The fourth-order valence-electron chi connectivity index (χ4n) is 1.35.